The van der Waals surface area contributed by atoms with Gasteiger partial charge < -0.3 is 5.32 Å². The lowest BCUT2D eigenvalue weighted by Gasteiger charge is -2.29. The van der Waals surface area contributed by atoms with Crippen molar-refractivity contribution in [1.82, 2.24) is 9.62 Å². The zero-order valence-corrected chi connectivity index (χ0v) is 14.7. The molecule has 7 heteroatoms. The van der Waals surface area contributed by atoms with Gasteiger partial charge in [-0.1, -0.05) is 24.6 Å². The third-order valence-corrected chi connectivity index (χ3v) is 6.19. The van der Waals surface area contributed by atoms with Gasteiger partial charge in [-0.3, -0.25) is 4.79 Å². The number of carbonyl (C=O) groups excluding carboxylic acids is 1. The minimum Gasteiger partial charge on any atom is -0.349 e. The Labute approximate surface area is 142 Å². The number of carbonyl (C=O) groups is 1. The van der Waals surface area contributed by atoms with Gasteiger partial charge in [0.2, 0.25) is 10.0 Å². The number of nitrogens with one attached hydrogen (secondary N) is 1. The number of hydrogen-bond acceptors (Lipinski definition) is 3. The van der Waals surface area contributed by atoms with Crippen LogP contribution in [0.2, 0.25) is 5.02 Å². The molecule has 5 nitrogen and oxygen atoms in total. The highest BCUT2D eigenvalue weighted by atomic mass is 35.5. The van der Waals surface area contributed by atoms with Crippen LogP contribution in [0.4, 0.5) is 0 Å². The molecule has 0 saturated carbocycles. The molecule has 1 aliphatic heterocycles. The average Bonchev–Trinajstić information content (AvgIpc) is 2.53. The van der Waals surface area contributed by atoms with E-state index < -0.39 is 15.9 Å². The van der Waals surface area contributed by atoms with Crippen molar-refractivity contribution >= 4 is 27.5 Å². The highest BCUT2D eigenvalue weighted by molar-refractivity contribution is 7.89. The van der Waals surface area contributed by atoms with Crippen molar-refractivity contribution < 1.29 is 13.2 Å². The summed E-state index contributed by atoms with van der Waals surface area (Å²) < 4.78 is 26.9. The summed E-state index contributed by atoms with van der Waals surface area (Å²) in [6.07, 6.45) is 3.24. The minimum atomic E-state index is -3.60. The zero-order chi connectivity index (χ0) is 17.0. The fraction of sp³-hybridized carbons (Fsp3) is 0.438. The first-order valence-corrected chi connectivity index (χ1v) is 9.37. The summed E-state index contributed by atoms with van der Waals surface area (Å²) in [7, 11) is -3.60. The Bertz CT molecular complexity index is 695. The van der Waals surface area contributed by atoms with Gasteiger partial charge in [0.25, 0.3) is 5.91 Å². The van der Waals surface area contributed by atoms with Crippen molar-refractivity contribution in [2.24, 2.45) is 5.92 Å². The molecule has 0 radical (unpaired) electrons. The summed E-state index contributed by atoms with van der Waals surface area (Å²) in [5, 5.41) is 2.82. The summed E-state index contributed by atoms with van der Waals surface area (Å²) in [6.45, 7) is 6.94. The second-order valence-corrected chi connectivity index (χ2v) is 8.07. The van der Waals surface area contributed by atoms with E-state index in [2.05, 4.69) is 18.8 Å². The van der Waals surface area contributed by atoms with Crippen molar-refractivity contribution in [3.05, 3.63) is 41.4 Å². The normalized spacial score (nSPS) is 17.0. The Morgan fingerprint density at radius 3 is 2.70 bits per heavy atom. The predicted octanol–water partition coefficient (Wildman–Crippen LogP) is 2.68. The highest BCUT2D eigenvalue weighted by Gasteiger charge is 2.29. The van der Waals surface area contributed by atoms with Crippen LogP contribution in [0.1, 0.15) is 30.1 Å². The third kappa shape index (κ3) is 4.13. The van der Waals surface area contributed by atoms with Crippen molar-refractivity contribution in [2.45, 2.75) is 24.7 Å². The Balaban J connectivity index is 2.29. The van der Waals surface area contributed by atoms with E-state index in [1.165, 1.54) is 22.5 Å². The number of sulfonamides is 1. The summed E-state index contributed by atoms with van der Waals surface area (Å²) in [4.78, 5) is 12.2. The molecular weight excluding hydrogens is 336 g/mol. The van der Waals surface area contributed by atoms with E-state index in [9.17, 15) is 13.2 Å². The highest BCUT2D eigenvalue weighted by Crippen LogP contribution is 2.26. The molecular formula is C16H21ClN2O3S. The molecule has 0 aliphatic carbocycles. The second kappa shape index (κ2) is 7.47. The molecule has 0 atom stereocenters. The maximum absolute atomic E-state index is 12.7. The molecule has 1 aromatic rings. The van der Waals surface area contributed by atoms with Crippen LogP contribution >= 0.6 is 11.6 Å². The molecule has 126 valence electrons. The molecule has 0 spiro atoms. The molecule has 2 rings (SSSR count). The number of rotatable bonds is 5. The van der Waals surface area contributed by atoms with Crippen molar-refractivity contribution in [3.8, 4) is 0 Å². The Morgan fingerprint density at radius 1 is 1.43 bits per heavy atom. The van der Waals surface area contributed by atoms with Gasteiger partial charge in [0.05, 0.1) is 15.5 Å². The summed E-state index contributed by atoms with van der Waals surface area (Å²) in [6, 6.07) is 4.23. The molecule has 0 bridgehead atoms. The number of hydrogen-bond donors (Lipinski definition) is 1. The molecule has 1 aliphatic rings. The SMILES string of the molecule is C=CCNC(=O)c1cc(S(=O)(=O)N2CCC(C)CC2)ccc1Cl. The number of amides is 1. The molecule has 1 amide bonds. The maximum Gasteiger partial charge on any atom is 0.253 e. The predicted molar refractivity (Wildman–Crippen MR) is 91.1 cm³/mol. The van der Waals surface area contributed by atoms with Gasteiger partial charge in [-0.05, 0) is 37.0 Å². The monoisotopic (exact) mass is 356 g/mol. The molecule has 1 fully saturated rings. The second-order valence-electron chi connectivity index (χ2n) is 5.73. The van der Waals surface area contributed by atoms with Gasteiger partial charge in [0, 0.05) is 19.6 Å². The minimum absolute atomic E-state index is 0.0974. The van der Waals surface area contributed by atoms with Gasteiger partial charge in [0.1, 0.15) is 0 Å². The van der Waals surface area contributed by atoms with Crippen LogP contribution < -0.4 is 5.32 Å². The van der Waals surface area contributed by atoms with Crippen LogP contribution in [0, 0.1) is 5.92 Å². The Kier molecular flexibility index (Phi) is 5.84. The fourth-order valence-electron chi connectivity index (χ4n) is 2.47. The van der Waals surface area contributed by atoms with Crippen LogP contribution in [0.25, 0.3) is 0 Å². The van der Waals surface area contributed by atoms with E-state index in [1.54, 1.807) is 6.08 Å². The van der Waals surface area contributed by atoms with Gasteiger partial charge >= 0.3 is 0 Å². The number of nitrogens with zero attached hydrogens (tertiary/aromatic N) is 1. The van der Waals surface area contributed by atoms with Crippen molar-refractivity contribution in [2.75, 3.05) is 19.6 Å². The fourth-order valence-corrected chi connectivity index (χ4v) is 4.17. The van der Waals surface area contributed by atoms with E-state index in [0.717, 1.165) is 12.8 Å². The lowest BCUT2D eigenvalue weighted by atomic mass is 10.0. The van der Waals surface area contributed by atoms with E-state index >= 15 is 0 Å². The van der Waals surface area contributed by atoms with Gasteiger partial charge in [0.15, 0.2) is 0 Å². The standard InChI is InChI=1S/C16H21ClN2O3S/c1-3-8-18-16(20)14-11-13(4-5-15(14)17)23(21,22)19-9-6-12(2)7-10-19/h3-5,11-12H,1,6-10H2,2H3,(H,18,20). The lowest BCUT2D eigenvalue weighted by Crippen LogP contribution is -2.38. The van der Waals surface area contributed by atoms with Crippen LogP contribution in [0.15, 0.2) is 35.7 Å². The Hall–Kier alpha value is -1.37. The zero-order valence-electron chi connectivity index (χ0n) is 13.1. The van der Waals surface area contributed by atoms with Crippen LogP contribution in [0.3, 0.4) is 0 Å². The van der Waals surface area contributed by atoms with E-state index in [4.69, 9.17) is 11.6 Å². The molecule has 1 aromatic carbocycles. The molecule has 1 heterocycles. The van der Waals surface area contributed by atoms with Crippen LogP contribution in [0.5, 0.6) is 0 Å². The maximum atomic E-state index is 12.7. The first-order valence-electron chi connectivity index (χ1n) is 7.55. The topological polar surface area (TPSA) is 66.5 Å². The number of benzene rings is 1. The van der Waals surface area contributed by atoms with Crippen LogP contribution in [-0.4, -0.2) is 38.3 Å². The first-order chi connectivity index (χ1) is 10.9. The summed E-state index contributed by atoms with van der Waals surface area (Å²) in [5.74, 6) is 0.117. The van der Waals surface area contributed by atoms with Gasteiger partial charge in [-0.2, -0.15) is 4.31 Å². The molecule has 0 aromatic heterocycles. The Morgan fingerprint density at radius 2 is 2.09 bits per heavy atom. The number of piperidine rings is 1. The van der Waals surface area contributed by atoms with Crippen molar-refractivity contribution in [3.63, 3.8) is 0 Å². The van der Waals surface area contributed by atoms with Gasteiger partial charge in [-0.25, -0.2) is 8.42 Å². The summed E-state index contributed by atoms with van der Waals surface area (Å²) in [5.41, 5.74) is 0.153. The first kappa shape index (κ1) is 18.0. The smallest absolute Gasteiger partial charge is 0.253 e. The van der Waals surface area contributed by atoms with Crippen molar-refractivity contribution in [1.29, 1.82) is 0 Å². The largest absolute Gasteiger partial charge is 0.349 e. The lowest BCUT2D eigenvalue weighted by molar-refractivity contribution is 0.0958. The average molecular weight is 357 g/mol. The van der Waals surface area contributed by atoms with E-state index in [-0.39, 0.29) is 22.0 Å². The van der Waals surface area contributed by atoms with E-state index in [1.807, 2.05) is 0 Å². The summed E-state index contributed by atoms with van der Waals surface area (Å²) >= 11 is 6.03. The van der Waals surface area contributed by atoms with Gasteiger partial charge in [-0.15, -0.1) is 6.58 Å². The third-order valence-electron chi connectivity index (χ3n) is 3.97. The molecule has 23 heavy (non-hydrogen) atoms. The quantitative estimate of drug-likeness (QED) is 0.825. The molecule has 1 N–H and O–H groups in total. The molecule has 0 unspecified atom stereocenters. The van der Waals surface area contributed by atoms with E-state index in [0.29, 0.717) is 19.0 Å². The number of halogens is 1. The molecule has 1 saturated heterocycles. The van der Waals surface area contributed by atoms with Crippen LogP contribution in [-0.2, 0) is 10.0 Å².